The Balaban J connectivity index is 1.33. The van der Waals surface area contributed by atoms with Gasteiger partial charge in [0.1, 0.15) is 17.3 Å². The second kappa shape index (κ2) is 12.1. The predicted octanol–water partition coefficient (Wildman–Crippen LogP) is 3.93. The van der Waals surface area contributed by atoms with Gasteiger partial charge in [0.15, 0.2) is 0 Å². The number of nitrogens with one attached hydrogen (secondary N) is 2. The molecule has 2 aromatic heterocycles. The van der Waals surface area contributed by atoms with Crippen molar-refractivity contribution >= 4 is 43.9 Å². The first kappa shape index (κ1) is 29.8. The van der Waals surface area contributed by atoms with Gasteiger partial charge >= 0.3 is 0 Å². The lowest BCUT2D eigenvalue weighted by Crippen LogP contribution is -2.45. The van der Waals surface area contributed by atoms with Crippen LogP contribution in [0.5, 0.6) is 0 Å². The van der Waals surface area contributed by atoms with Crippen molar-refractivity contribution in [3.63, 3.8) is 0 Å². The van der Waals surface area contributed by atoms with E-state index < -0.39 is 38.2 Å². The normalized spacial score (nSPS) is 14.0. The summed E-state index contributed by atoms with van der Waals surface area (Å²) < 4.78 is 53.7. The number of pyridine rings is 1. The molecule has 6 rings (SSSR count). The van der Waals surface area contributed by atoms with Crippen molar-refractivity contribution in [2.75, 3.05) is 48.9 Å². The van der Waals surface area contributed by atoms with E-state index in [1.165, 1.54) is 35.4 Å². The number of aromatic nitrogens is 3. The third-order valence-corrected chi connectivity index (χ3v) is 9.19. The minimum absolute atomic E-state index is 0.179. The summed E-state index contributed by atoms with van der Waals surface area (Å²) in [6, 6.07) is 16.2. The van der Waals surface area contributed by atoms with E-state index in [0.717, 1.165) is 25.2 Å². The van der Waals surface area contributed by atoms with Gasteiger partial charge in [-0.05, 0) is 61.6 Å². The molecular formula is C31H27F2N7O4S. The molecule has 14 heteroatoms. The molecule has 0 atom stereocenters. The number of amides is 2. The first-order valence-electron chi connectivity index (χ1n) is 13.9. The highest BCUT2D eigenvalue weighted by Crippen LogP contribution is 2.30. The van der Waals surface area contributed by atoms with E-state index in [1.54, 1.807) is 30.3 Å². The molecule has 1 aliphatic rings. The number of carbonyl (C=O) groups excluding carboxylic acids is 2. The van der Waals surface area contributed by atoms with Crippen molar-refractivity contribution in [2.45, 2.75) is 9.79 Å². The van der Waals surface area contributed by atoms with Crippen molar-refractivity contribution in [1.29, 1.82) is 0 Å². The van der Waals surface area contributed by atoms with E-state index in [4.69, 9.17) is 0 Å². The van der Waals surface area contributed by atoms with Crippen LogP contribution >= 0.6 is 0 Å². The molecule has 3 aromatic carbocycles. The first-order valence-corrected chi connectivity index (χ1v) is 15.4. The minimum Gasteiger partial charge on any atom is -0.368 e. The van der Waals surface area contributed by atoms with Crippen LogP contribution in [0.4, 0.5) is 20.2 Å². The molecular weight excluding hydrogens is 604 g/mol. The third kappa shape index (κ3) is 6.10. The predicted molar refractivity (Wildman–Crippen MR) is 164 cm³/mol. The molecule has 0 bridgehead atoms. The summed E-state index contributed by atoms with van der Waals surface area (Å²) in [4.78, 5) is 35.8. The van der Waals surface area contributed by atoms with Crippen molar-refractivity contribution in [3.05, 3.63) is 108 Å². The van der Waals surface area contributed by atoms with Gasteiger partial charge in [-0.3, -0.25) is 14.6 Å². The number of rotatable bonds is 7. The Labute approximate surface area is 257 Å². The summed E-state index contributed by atoms with van der Waals surface area (Å²) in [5, 5.41) is 7.39. The molecule has 0 saturated carbocycles. The molecule has 0 spiro atoms. The quantitative estimate of drug-likeness (QED) is 0.277. The number of hydrogen-bond acceptors (Lipinski definition) is 8. The molecule has 0 radical (unpaired) electrons. The maximum absolute atomic E-state index is 14.0. The van der Waals surface area contributed by atoms with Crippen molar-refractivity contribution in [3.8, 4) is 0 Å². The first-order chi connectivity index (χ1) is 21.6. The molecule has 1 fully saturated rings. The second-order valence-corrected chi connectivity index (χ2v) is 12.4. The second-order valence-electron chi connectivity index (χ2n) is 10.5. The third-order valence-electron chi connectivity index (χ3n) is 7.46. The standard InChI is InChI=1S/C31H27F2N7O4S/c1-38-11-13-39(14-12-38)28-7-4-6-25(36-30(41)26-5-2-3-10-34-26)29(28)31(42)37-40-27-9-8-23(15-20(27)19-35-40)45(43,44)24-17-21(32)16-22(33)18-24/h2-10,15-19H,11-14H2,1H3,(H,36,41)(H,37,42). The number of anilines is 2. The molecule has 3 heterocycles. The zero-order valence-electron chi connectivity index (χ0n) is 23.9. The van der Waals surface area contributed by atoms with Crippen LogP contribution in [0.25, 0.3) is 10.9 Å². The fraction of sp³-hybridized carbons (Fsp3) is 0.161. The summed E-state index contributed by atoms with van der Waals surface area (Å²) in [5.41, 5.74) is 4.38. The van der Waals surface area contributed by atoms with E-state index >= 15 is 0 Å². The number of fused-ring (bicyclic) bond motifs is 1. The van der Waals surface area contributed by atoms with Crippen LogP contribution in [-0.4, -0.2) is 73.2 Å². The smallest absolute Gasteiger partial charge is 0.275 e. The van der Waals surface area contributed by atoms with Crippen molar-refractivity contribution in [1.82, 2.24) is 19.8 Å². The summed E-state index contributed by atoms with van der Waals surface area (Å²) in [5.74, 6) is -3.09. The number of piperazine rings is 1. The summed E-state index contributed by atoms with van der Waals surface area (Å²) in [7, 11) is -2.23. The molecule has 1 saturated heterocycles. The van der Waals surface area contributed by atoms with Gasteiger partial charge in [0, 0.05) is 43.8 Å². The van der Waals surface area contributed by atoms with E-state index in [-0.39, 0.29) is 21.8 Å². The van der Waals surface area contributed by atoms with Gasteiger partial charge in [-0.25, -0.2) is 22.6 Å². The number of nitrogens with zero attached hydrogens (tertiary/aromatic N) is 5. The zero-order valence-corrected chi connectivity index (χ0v) is 24.8. The molecule has 0 aliphatic carbocycles. The van der Waals surface area contributed by atoms with Crippen molar-refractivity contribution < 1.29 is 26.8 Å². The van der Waals surface area contributed by atoms with E-state index in [2.05, 4.69) is 30.6 Å². The highest BCUT2D eigenvalue weighted by atomic mass is 32.2. The van der Waals surface area contributed by atoms with Gasteiger partial charge < -0.3 is 15.1 Å². The lowest BCUT2D eigenvalue weighted by Gasteiger charge is -2.35. The fourth-order valence-electron chi connectivity index (χ4n) is 5.12. The molecule has 0 unspecified atom stereocenters. The highest BCUT2D eigenvalue weighted by Gasteiger charge is 2.26. The van der Waals surface area contributed by atoms with Gasteiger partial charge in [-0.1, -0.05) is 12.1 Å². The average Bonchev–Trinajstić information content (AvgIpc) is 3.43. The number of benzene rings is 3. The Morgan fingerprint density at radius 3 is 2.31 bits per heavy atom. The van der Waals surface area contributed by atoms with Gasteiger partial charge in [-0.15, -0.1) is 0 Å². The Hall–Kier alpha value is -5.21. The monoisotopic (exact) mass is 631 g/mol. The number of likely N-dealkylation sites (N-methyl/N-ethyl adjacent to an activating group) is 1. The van der Waals surface area contributed by atoms with Gasteiger partial charge in [0.05, 0.1) is 38.4 Å². The van der Waals surface area contributed by atoms with E-state index in [1.807, 2.05) is 13.1 Å². The lowest BCUT2D eigenvalue weighted by molar-refractivity contribution is 0.101. The van der Waals surface area contributed by atoms with Crippen LogP contribution in [-0.2, 0) is 9.84 Å². The van der Waals surface area contributed by atoms with Crippen LogP contribution in [0.2, 0.25) is 0 Å². The highest BCUT2D eigenvalue weighted by molar-refractivity contribution is 7.91. The number of carbonyl (C=O) groups is 2. The Kier molecular flexibility index (Phi) is 7.99. The van der Waals surface area contributed by atoms with Crippen LogP contribution in [0.1, 0.15) is 20.8 Å². The lowest BCUT2D eigenvalue weighted by atomic mass is 10.1. The maximum atomic E-state index is 14.0. The number of sulfone groups is 1. The molecule has 2 amide bonds. The van der Waals surface area contributed by atoms with Gasteiger partial charge in [0.2, 0.25) is 9.84 Å². The Bertz CT molecular complexity index is 2010. The summed E-state index contributed by atoms with van der Waals surface area (Å²) in [6.07, 6.45) is 2.86. The van der Waals surface area contributed by atoms with Crippen LogP contribution in [0.15, 0.2) is 95.0 Å². The summed E-state index contributed by atoms with van der Waals surface area (Å²) in [6.45, 7) is 2.88. The Morgan fingerprint density at radius 2 is 1.60 bits per heavy atom. The van der Waals surface area contributed by atoms with E-state index in [9.17, 15) is 26.8 Å². The topological polar surface area (TPSA) is 130 Å². The molecule has 1 aliphatic heterocycles. The average molecular weight is 632 g/mol. The minimum atomic E-state index is -4.25. The van der Waals surface area contributed by atoms with Gasteiger partial charge in [-0.2, -0.15) is 9.89 Å². The maximum Gasteiger partial charge on any atom is 0.275 e. The van der Waals surface area contributed by atoms with Gasteiger partial charge in [0.25, 0.3) is 11.8 Å². The van der Waals surface area contributed by atoms with Crippen LogP contribution < -0.4 is 15.6 Å². The van der Waals surface area contributed by atoms with Crippen LogP contribution in [0, 0.1) is 11.6 Å². The molecule has 2 N–H and O–H groups in total. The number of hydrogen-bond donors (Lipinski definition) is 2. The Morgan fingerprint density at radius 1 is 0.844 bits per heavy atom. The molecule has 230 valence electrons. The summed E-state index contributed by atoms with van der Waals surface area (Å²) >= 11 is 0. The zero-order chi connectivity index (χ0) is 31.7. The fourth-order valence-corrected chi connectivity index (χ4v) is 6.45. The number of halogens is 2. The van der Waals surface area contributed by atoms with E-state index in [0.29, 0.717) is 35.7 Å². The van der Waals surface area contributed by atoms with Crippen LogP contribution in [0.3, 0.4) is 0 Å². The largest absolute Gasteiger partial charge is 0.368 e. The molecule has 45 heavy (non-hydrogen) atoms. The SMILES string of the molecule is CN1CCN(c2cccc(NC(=O)c3ccccn3)c2C(=O)Nn2ncc3cc(S(=O)(=O)c4cc(F)cc(F)c4)ccc32)CC1. The molecule has 11 nitrogen and oxygen atoms in total. The molecule has 5 aromatic rings. The van der Waals surface area contributed by atoms with Crippen molar-refractivity contribution in [2.24, 2.45) is 0 Å².